The molecule has 0 spiro atoms. The fourth-order valence-electron chi connectivity index (χ4n) is 5.25. The summed E-state index contributed by atoms with van der Waals surface area (Å²) >= 11 is 13.5. The van der Waals surface area contributed by atoms with Gasteiger partial charge in [0.2, 0.25) is 0 Å². The number of carbonyl (C=O) groups excluding carboxylic acids is 1. The summed E-state index contributed by atoms with van der Waals surface area (Å²) in [6.07, 6.45) is 0.450. The molecule has 3 N–H and O–H groups in total. The topological polar surface area (TPSA) is 98.3 Å². The van der Waals surface area contributed by atoms with Crippen molar-refractivity contribution in [1.29, 1.82) is 0 Å². The third-order valence-electron chi connectivity index (χ3n) is 7.36. The summed E-state index contributed by atoms with van der Waals surface area (Å²) in [5, 5.41) is 14.2. The van der Waals surface area contributed by atoms with E-state index < -0.39 is 5.97 Å². The zero-order valence-corrected chi connectivity index (χ0v) is 22.7. The number of halogens is 2. The van der Waals surface area contributed by atoms with Crippen LogP contribution in [0.3, 0.4) is 0 Å². The molecule has 1 amide bonds. The van der Waals surface area contributed by atoms with E-state index in [0.717, 1.165) is 16.7 Å². The molecule has 0 unspecified atom stereocenters. The Morgan fingerprint density at radius 1 is 1.05 bits per heavy atom. The number of aromatic carboxylic acids is 1. The number of nitrogens with zero attached hydrogens (tertiary/aromatic N) is 2. The molecule has 6 rings (SSSR count). The molecule has 1 aliphatic heterocycles. The second-order valence-corrected chi connectivity index (χ2v) is 11.5. The minimum atomic E-state index is -0.962. The molecular formula is C28H25Cl2LiN4O3S. The summed E-state index contributed by atoms with van der Waals surface area (Å²) in [6, 6.07) is 18.3. The van der Waals surface area contributed by atoms with Gasteiger partial charge < -0.3 is 20.3 Å². The van der Waals surface area contributed by atoms with Crippen LogP contribution in [0.4, 0.5) is 5.13 Å². The number of benzene rings is 2. The van der Waals surface area contributed by atoms with Crippen LogP contribution in [0.15, 0.2) is 54.6 Å². The minimum absolute atomic E-state index is 0. The number of hydrogen-bond donors (Lipinski definition) is 3. The van der Waals surface area contributed by atoms with Gasteiger partial charge in [0.1, 0.15) is 10.6 Å². The van der Waals surface area contributed by atoms with Gasteiger partial charge in [-0.05, 0) is 23.6 Å². The first-order valence-electron chi connectivity index (χ1n) is 12.3. The van der Waals surface area contributed by atoms with Crippen molar-refractivity contribution in [2.45, 2.75) is 19.4 Å². The molecule has 0 bridgehead atoms. The van der Waals surface area contributed by atoms with Gasteiger partial charge in [-0.1, -0.05) is 89.1 Å². The van der Waals surface area contributed by atoms with Crippen molar-refractivity contribution >= 4 is 70.4 Å². The van der Waals surface area contributed by atoms with Crippen LogP contribution in [0.25, 0.3) is 11.1 Å². The van der Waals surface area contributed by atoms with Crippen LogP contribution < -0.4 is 10.2 Å². The number of carboxylic acids is 1. The first-order valence-corrected chi connectivity index (χ1v) is 13.8. The number of hydrogen-bond acceptors (Lipinski definition) is 5. The van der Waals surface area contributed by atoms with E-state index in [1.165, 1.54) is 11.3 Å². The SMILES string of the molecule is Cc1[nH]c(C(=O)N[C@H]2[C@@H]3CN(c4nc(Cc5ccc(-c6ccccc6)cc5)c(C(=O)O)s4)C[C@@H]32)c(Cl)c1Cl.[LiH]. The number of nitrogens with one attached hydrogen (secondary N) is 2. The molecule has 1 aliphatic carbocycles. The Morgan fingerprint density at radius 2 is 1.69 bits per heavy atom. The monoisotopic (exact) mass is 574 g/mol. The number of H-pyrrole nitrogens is 1. The Balaban J connectivity index is 0.00000308. The van der Waals surface area contributed by atoms with Gasteiger partial charge in [0.05, 0.1) is 15.7 Å². The molecule has 4 aromatic rings. The van der Waals surface area contributed by atoms with Gasteiger partial charge in [0.25, 0.3) is 5.91 Å². The first kappa shape index (κ1) is 27.8. The maximum absolute atomic E-state index is 12.7. The molecule has 3 heterocycles. The van der Waals surface area contributed by atoms with Crippen molar-refractivity contribution in [3.8, 4) is 11.1 Å². The molecular weight excluding hydrogens is 550 g/mol. The van der Waals surface area contributed by atoms with Gasteiger partial charge in [0.15, 0.2) is 5.13 Å². The first-order chi connectivity index (χ1) is 18.3. The van der Waals surface area contributed by atoms with E-state index in [4.69, 9.17) is 28.2 Å². The van der Waals surface area contributed by atoms with Gasteiger partial charge in [-0.15, -0.1) is 0 Å². The number of carboxylic acid groups (broad SMARTS) is 1. The Hall–Kier alpha value is -2.73. The fraction of sp³-hybridized carbons (Fsp3) is 0.250. The average molecular weight is 575 g/mol. The van der Waals surface area contributed by atoms with Crippen LogP contribution in [0.2, 0.25) is 10.0 Å². The van der Waals surface area contributed by atoms with E-state index >= 15 is 0 Å². The summed E-state index contributed by atoms with van der Waals surface area (Å²) in [5.41, 5.74) is 4.77. The van der Waals surface area contributed by atoms with Crippen molar-refractivity contribution < 1.29 is 14.7 Å². The second-order valence-electron chi connectivity index (χ2n) is 9.80. The Morgan fingerprint density at radius 3 is 2.28 bits per heavy atom. The van der Waals surface area contributed by atoms with Crippen LogP contribution in [0, 0.1) is 18.8 Å². The molecule has 2 fully saturated rings. The van der Waals surface area contributed by atoms with Crippen LogP contribution >= 0.6 is 34.5 Å². The van der Waals surface area contributed by atoms with Crippen molar-refractivity contribution in [2.75, 3.05) is 18.0 Å². The number of anilines is 1. The van der Waals surface area contributed by atoms with Gasteiger partial charge in [-0.3, -0.25) is 4.79 Å². The van der Waals surface area contributed by atoms with Gasteiger partial charge in [-0.25, -0.2) is 9.78 Å². The normalized spacial score (nSPS) is 19.4. The summed E-state index contributed by atoms with van der Waals surface area (Å²) in [4.78, 5) is 34.8. The number of thiazole rings is 1. The summed E-state index contributed by atoms with van der Waals surface area (Å²) < 4.78 is 0. The predicted molar refractivity (Wildman–Crippen MR) is 157 cm³/mol. The molecule has 1 saturated carbocycles. The number of aromatic amines is 1. The molecule has 0 radical (unpaired) electrons. The van der Waals surface area contributed by atoms with Crippen molar-refractivity contribution in [1.82, 2.24) is 15.3 Å². The van der Waals surface area contributed by atoms with Crippen LogP contribution in [0.1, 0.15) is 37.1 Å². The zero-order chi connectivity index (χ0) is 26.6. The molecule has 196 valence electrons. The number of aromatic nitrogens is 2. The van der Waals surface area contributed by atoms with Gasteiger partial charge >= 0.3 is 24.8 Å². The number of piperidine rings is 1. The molecule has 2 aliphatic rings. The molecule has 2 aromatic carbocycles. The zero-order valence-electron chi connectivity index (χ0n) is 20.4. The summed E-state index contributed by atoms with van der Waals surface area (Å²) in [7, 11) is 0. The van der Waals surface area contributed by atoms with E-state index in [1.807, 2.05) is 30.3 Å². The Bertz CT molecular complexity index is 1530. The molecule has 11 heteroatoms. The molecule has 3 atom stereocenters. The summed E-state index contributed by atoms with van der Waals surface area (Å²) in [6.45, 7) is 3.19. The average Bonchev–Trinajstić information content (AvgIpc) is 3.27. The molecule has 1 saturated heterocycles. The predicted octanol–water partition coefficient (Wildman–Crippen LogP) is 5.26. The van der Waals surface area contributed by atoms with Crippen LogP contribution in [-0.4, -0.2) is 64.9 Å². The number of carbonyl (C=O) groups is 2. The van der Waals surface area contributed by atoms with Crippen molar-refractivity contribution in [2.24, 2.45) is 11.8 Å². The number of rotatable bonds is 7. The third-order valence-corrected chi connectivity index (χ3v) is 9.45. The molecule has 39 heavy (non-hydrogen) atoms. The number of fused-ring (bicyclic) bond motifs is 1. The Kier molecular flexibility index (Phi) is 7.87. The van der Waals surface area contributed by atoms with Gasteiger partial charge in [-0.2, -0.15) is 0 Å². The van der Waals surface area contributed by atoms with E-state index in [0.29, 0.717) is 41.1 Å². The van der Waals surface area contributed by atoms with E-state index in [2.05, 4.69) is 39.5 Å². The van der Waals surface area contributed by atoms with Crippen molar-refractivity contribution in [3.63, 3.8) is 0 Å². The van der Waals surface area contributed by atoms with E-state index in [1.54, 1.807) is 6.92 Å². The third kappa shape index (κ3) is 5.37. The number of aryl methyl sites for hydroxylation is 1. The van der Waals surface area contributed by atoms with E-state index in [-0.39, 0.29) is 58.2 Å². The van der Waals surface area contributed by atoms with Crippen LogP contribution in [0.5, 0.6) is 0 Å². The van der Waals surface area contributed by atoms with Gasteiger partial charge in [0, 0.05) is 43.1 Å². The second kappa shape index (κ2) is 11.0. The Labute approximate surface area is 251 Å². The molecule has 2 aromatic heterocycles. The quantitative estimate of drug-likeness (QED) is 0.261. The summed E-state index contributed by atoms with van der Waals surface area (Å²) in [5.74, 6) is -0.652. The van der Waals surface area contributed by atoms with E-state index in [9.17, 15) is 14.7 Å². The number of amides is 1. The maximum atomic E-state index is 12.7. The standard InChI is InChI=1S/C28H24Cl2N4O3S.Li.H/c1-14-21(29)22(30)24(31-14)26(35)33-23-18-12-34(13-19(18)23)28-32-20(25(38-28)27(36)37)11-15-7-9-17(10-8-15)16-5-3-2-4-6-16;;/h2-10,18-19,23,31H,11-13H2,1H3,(H,33,35)(H,36,37);;/t18-,19+,23+;;. The van der Waals surface area contributed by atoms with Crippen LogP contribution in [-0.2, 0) is 6.42 Å². The van der Waals surface area contributed by atoms with Crippen molar-refractivity contribution in [3.05, 3.63) is 92.2 Å². The molecule has 7 nitrogen and oxygen atoms in total. The fourth-order valence-corrected chi connectivity index (χ4v) is 6.60.